The number of carbonyl (C=O) groups is 1. The molecule has 1 aromatic heterocycles. The van der Waals surface area contributed by atoms with Gasteiger partial charge in [0.05, 0.1) is 6.42 Å². The van der Waals surface area contributed by atoms with E-state index < -0.39 is 16.2 Å². The molecular formula is C9H12BrN3O4S. The van der Waals surface area contributed by atoms with Crippen molar-refractivity contribution in [3.63, 3.8) is 0 Å². The number of halogens is 1. The highest BCUT2D eigenvalue weighted by Gasteiger charge is 2.18. The molecule has 100 valence electrons. The number of anilines is 1. The molecule has 9 heteroatoms. The highest BCUT2D eigenvalue weighted by atomic mass is 79.9. The van der Waals surface area contributed by atoms with Crippen LogP contribution in [0.5, 0.6) is 0 Å². The van der Waals surface area contributed by atoms with Crippen LogP contribution < -0.4 is 4.72 Å². The monoisotopic (exact) mass is 337 g/mol. The number of carboxylic acid groups (broad SMARTS) is 1. The van der Waals surface area contributed by atoms with Gasteiger partial charge in [0.25, 0.3) is 0 Å². The van der Waals surface area contributed by atoms with Gasteiger partial charge in [0.1, 0.15) is 5.82 Å². The maximum absolute atomic E-state index is 11.8. The number of carboxylic acids is 1. The first-order valence-corrected chi connectivity index (χ1v) is 7.12. The first kappa shape index (κ1) is 14.9. The molecule has 18 heavy (non-hydrogen) atoms. The molecule has 0 aromatic carbocycles. The van der Waals surface area contributed by atoms with Crippen LogP contribution in [0.1, 0.15) is 6.42 Å². The Labute approximate surface area is 113 Å². The predicted molar refractivity (Wildman–Crippen MR) is 69.4 cm³/mol. The van der Waals surface area contributed by atoms with Crippen LogP contribution in [0.15, 0.2) is 22.8 Å². The number of nitrogens with one attached hydrogen (secondary N) is 1. The molecule has 0 unspecified atom stereocenters. The Hall–Kier alpha value is -1.19. The van der Waals surface area contributed by atoms with Crippen molar-refractivity contribution in [2.75, 3.05) is 18.3 Å². The molecule has 0 radical (unpaired) electrons. The smallest absolute Gasteiger partial charge is 0.304 e. The third-order valence-electron chi connectivity index (χ3n) is 2.01. The summed E-state index contributed by atoms with van der Waals surface area (Å²) >= 11 is 3.18. The van der Waals surface area contributed by atoms with Crippen LogP contribution >= 0.6 is 15.9 Å². The van der Waals surface area contributed by atoms with Crippen LogP contribution in [0.25, 0.3) is 0 Å². The lowest BCUT2D eigenvalue weighted by atomic mass is 10.4. The largest absolute Gasteiger partial charge is 0.481 e. The van der Waals surface area contributed by atoms with Crippen molar-refractivity contribution in [3.8, 4) is 0 Å². The molecule has 0 fully saturated rings. The second-order valence-corrected chi connectivity index (χ2v) is 6.13. The van der Waals surface area contributed by atoms with Gasteiger partial charge in [-0.05, 0) is 28.1 Å². The molecule has 0 aliphatic rings. The maximum atomic E-state index is 11.8. The molecule has 7 nitrogen and oxygen atoms in total. The zero-order valence-electron chi connectivity index (χ0n) is 9.50. The summed E-state index contributed by atoms with van der Waals surface area (Å²) in [6.45, 7) is -0.110. The molecule has 1 aromatic rings. The van der Waals surface area contributed by atoms with Gasteiger partial charge >= 0.3 is 16.2 Å². The van der Waals surface area contributed by atoms with E-state index in [1.807, 2.05) is 0 Å². The first-order chi connectivity index (χ1) is 8.31. The second-order valence-electron chi connectivity index (χ2n) is 3.43. The molecule has 0 spiro atoms. The third-order valence-corrected chi connectivity index (χ3v) is 3.95. The van der Waals surface area contributed by atoms with Crippen molar-refractivity contribution in [3.05, 3.63) is 22.8 Å². The number of hydrogen-bond donors (Lipinski definition) is 2. The van der Waals surface area contributed by atoms with Crippen molar-refractivity contribution in [1.29, 1.82) is 0 Å². The zero-order chi connectivity index (χ0) is 13.8. The molecule has 1 rings (SSSR count). The molecule has 1 heterocycles. The second kappa shape index (κ2) is 6.12. The van der Waals surface area contributed by atoms with E-state index in [0.29, 0.717) is 0 Å². The molecule has 0 saturated carbocycles. The van der Waals surface area contributed by atoms with Gasteiger partial charge in [-0.25, -0.2) is 4.98 Å². The van der Waals surface area contributed by atoms with Crippen molar-refractivity contribution in [2.45, 2.75) is 6.42 Å². The van der Waals surface area contributed by atoms with Gasteiger partial charge in [-0.1, -0.05) is 0 Å². The summed E-state index contributed by atoms with van der Waals surface area (Å²) in [7, 11) is -2.48. The Bertz CT molecular complexity index is 517. The first-order valence-electron chi connectivity index (χ1n) is 4.88. The van der Waals surface area contributed by atoms with Gasteiger partial charge in [0.15, 0.2) is 0 Å². The molecule has 0 aliphatic heterocycles. The van der Waals surface area contributed by atoms with E-state index in [2.05, 4.69) is 25.6 Å². The van der Waals surface area contributed by atoms with Gasteiger partial charge in [-0.3, -0.25) is 9.52 Å². The molecule has 0 bridgehead atoms. The average Bonchev–Trinajstić information content (AvgIpc) is 2.28. The minimum Gasteiger partial charge on any atom is -0.481 e. The van der Waals surface area contributed by atoms with Gasteiger partial charge in [-0.15, -0.1) is 0 Å². The van der Waals surface area contributed by atoms with Gasteiger partial charge < -0.3 is 5.11 Å². The van der Waals surface area contributed by atoms with Crippen molar-refractivity contribution < 1.29 is 18.3 Å². The van der Waals surface area contributed by atoms with Gasteiger partial charge in [0, 0.05) is 24.3 Å². The SMILES string of the molecule is CN(CCC(=O)O)S(=O)(=O)Nc1ccc(Br)cn1. The molecule has 0 saturated heterocycles. The standard InChI is InChI=1S/C9H12BrN3O4S/c1-13(5-4-9(14)15)18(16,17)12-8-3-2-7(10)6-11-8/h2-3,6H,4-5H2,1H3,(H,11,12)(H,14,15). The number of aliphatic carboxylic acids is 1. The summed E-state index contributed by atoms with van der Waals surface area (Å²) in [6, 6.07) is 3.13. The number of rotatable bonds is 6. The Morgan fingerprint density at radius 1 is 1.56 bits per heavy atom. The van der Waals surface area contributed by atoms with E-state index in [1.54, 1.807) is 6.07 Å². The van der Waals surface area contributed by atoms with E-state index in [9.17, 15) is 13.2 Å². The van der Waals surface area contributed by atoms with Crippen molar-refractivity contribution >= 4 is 37.9 Å². The fourth-order valence-corrected chi connectivity index (χ4v) is 2.13. The fraction of sp³-hybridized carbons (Fsp3) is 0.333. The van der Waals surface area contributed by atoms with E-state index >= 15 is 0 Å². The van der Waals surface area contributed by atoms with Gasteiger partial charge in [0.2, 0.25) is 0 Å². The predicted octanol–water partition coefficient (Wildman–Crippen LogP) is 0.907. The van der Waals surface area contributed by atoms with Crippen LogP contribution in [0.3, 0.4) is 0 Å². The lowest BCUT2D eigenvalue weighted by Gasteiger charge is -2.16. The van der Waals surface area contributed by atoms with Crippen LogP contribution in [-0.2, 0) is 15.0 Å². The number of hydrogen-bond acceptors (Lipinski definition) is 4. The topological polar surface area (TPSA) is 99.6 Å². The average molecular weight is 338 g/mol. The Morgan fingerprint density at radius 3 is 2.72 bits per heavy atom. The summed E-state index contributed by atoms with van der Waals surface area (Å²) in [5.41, 5.74) is 0. The van der Waals surface area contributed by atoms with Crippen molar-refractivity contribution in [1.82, 2.24) is 9.29 Å². The maximum Gasteiger partial charge on any atom is 0.304 e. The van der Waals surface area contributed by atoms with E-state index in [4.69, 9.17) is 5.11 Å². The van der Waals surface area contributed by atoms with E-state index in [1.165, 1.54) is 19.3 Å². The van der Waals surface area contributed by atoms with Crippen molar-refractivity contribution in [2.24, 2.45) is 0 Å². The third kappa shape index (κ3) is 4.59. The highest BCUT2D eigenvalue weighted by molar-refractivity contribution is 9.10. The summed E-state index contributed by atoms with van der Waals surface area (Å²) < 4.78 is 27.4. The molecule has 0 atom stereocenters. The Balaban J connectivity index is 2.69. The number of nitrogens with zero attached hydrogens (tertiary/aromatic N) is 2. The lowest BCUT2D eigenvalue weighted by Crippen LogP contribution is -2.34. The number of aromatic nitrogens is 1. The molecular weight excluding hydrogens is 326 g/mol. The molecule has 0 amide bonds. The minimum absolute atomic E-state index is 0.110. The van der Waals surface area contributed by atoms with Gasteiger partial charge in [-0.2, -0.15) is 12.7 Å². The summed E-state index contributed by atoms with van der Waals surface area (Å²) in [5.74, 6) is -0.890. The van der Waals surface area contributed by atoms with E-state index in [-0.39, 0.29) is 18.8 Å². The summed E-state index contributed by atoms with van der Waals surface area (Å²) in [5, 5.41) is 8.49. The summed E-state index contributed by atoms with van der Waals surface area (Å²) in [4.78, 5) is 14.2. The zero-order valence-corrected chi connectivity index (χ0v) is 11.9. The Kier molecular flexibility index (Phi) is 5.05. The van der Waals surface area contributed by atoms with E-state index in [0.717, 1.165) is 8.78 Å². The fourth-order valence-electron chi connectivity index (χ4n) is 1.02. The van der Waals surface area contributed by atoms with Crippen LogP contribution in [-0.4, -0.2) is 42.4 Å². The molecule has 2 N–H and O–H groups in total. The quantitative estimate of drug-likeness (QED) is 0.803. The van der Waals surface area contributed by atoms with Crippen LogP contribution in [0, 0.1) is 0 Å². The Morgan fingerprint density at radius 2 is 2.22 bits per heavy atom. The highest BCUT2D eigenvalue weighted by Crippen LogP contribution is 2.12. The van der Waals surface area contributed by atoms with Crippen LogP contribution in [0.2, 0.25) is 0 Å². The lowest BCUT2D eigenvalue weighted by molar-refractivity contribution is -0.137. The number of pyridine rings is 1. The normalized spacial score (nSPS) is 11.5. The summed E-state index contributed by atoms with van der Waals surface area (Å²) in [6.07, 6.45) is 1.19. The molecule has 0 aliphatic carbocycles. The van der Waals surface area contributed by atoms with Crippen LogP contribution in [0.4, 0.5) is 5.82 Å². The minimum atomic E-state index is -3.78.